The smallest absolute Gasteiger partial charge is 0.335 e. The summed E-state index contributed by atoms with van der Waals surface area (Å²) in [5.41, 5.74) is 1.05. The van der Waals surface area contributed by atoms with E-state index in [0.29, 0.717) is 25.6 Å². The van der Waals surface area contributed by atoms with Crippen LogP contribution in [0.2, 0.25) is 0 Å². The monoisotopic (exact) mass is 359 g/mol. The number of hydrogen-bond donors (Lipinski definition) is 3. The first kappa shape index (κ1) is 18.2. The third-order valence-corrected chi connectivity index (χ3v) is 4.99. The summed E-state index contributed by atoms with van der Waals surface area (Å²) in [7, 11) is 0. The number of piperidine rings is 1. The number of rotatable bonds is 6. The van der Waals surface area contributed by atoms with E-state index in [4.69, 9.17) is 5.11 Å². The van der Waals surface area contributed by atoms with Crippen LogP contribution in [-0.2, 0) is 11.3 Å². The van der Waals surface area contributed by atoms with E-state index in [-0.39, 0.29) is 23.4 Å². The predicted molar refractivity (Wildman–Crippen MR) is 95.7 cm³/mol. The number of likely N-dealkylation sites (tertiary alicyclic amines) is 1. The van der Waals surface area contributed by atoms with Gasteiger partial charge < -0.3 is 20.6 Å². The van der Waals surface area contributed by atoms with Crippen molar-refractivity contribution in [3.8, 4) is 0 Å². The standard InChI is InChI=1S/C19H25N3O4/c23-17(20-10-13-3-4-13)16-2-1-9-22(12-16)19(26)21-11-14-5-7-15(8-6-14)18(24)25/h5-8,13,16H,1-4,9-12H2,(H,20,23)(H,21,26)(H,24,25). The summed E-state index contributed by atoms with van der Waals surface area (Å²) in [5, 5.41) is 14.7. The molecular weight excluding hydrogens is 334 g/mol. The fourth-order valence-corrected chi connectivity index (χ4v) is 3.14. The van der Waals surface area contributed by atoms with Crippen molar-refractivity contribution < 1.29 is 19.5 Å². The van der Waals surface area contributed by atoms with Crippen molar-refractivity contribution in [1.82, 2.24) is 15.5 Å². The lowest BCUT2D eigenvalue weighted by atomic mass is 9.97. The molecule has 0 aromatic heterocycles. The number of nitrogens with one attached hydrogen (secondary N) is 2. The molecule has 1 atom stereocenters. The molecule has 1 saturated carbocycles. The molecule has 7 heteroatoms. The lowest BCUT2D eigenvalue weighted by Crippen LogP contribution is -2.48. The van der Waals surface area contributed by atoms with E-state index in [1.54, 1.807) is 17.0 Å². The first-order valence-corrected chi connectivity index (χ1v) is 9.15. The second-order valence-corrected chi connectivity index (χ2v) is 7.13. The van der Waals surface area contributed by atoms with Crippen molar-refractivity contribution in [3.05, 3.63) is 35.4 Å². The van der Waals surface area contributed by atoms with Crippen molar-refractivity contribution in [3.63, 3.8) is 0 Å². The molecule has 3 amide bonds. The fourth-order valence-electron chi connectivity index (χ4n) is 3.14. The van der Waals surface area contributed by atoms with Gasteiger partial charge in [0.25, 0.3) is 0 Å². The zero-order valence-corrected chi connectivity index (χ0v) is 14.7. The Morgan fingerprint density at radius 2 is 1.81 bits per heavy atom. The maximum absolute atomic E-state index is 12.4. The second kappa shape index (κ2) is 8.21. The van der Waals surface area contributed by atoms with Crippen molar-refractivity contribution in [2.75, 3.05) is 19.6 Å². The number of carboxylic acids is 1. The molecule has 1 unspecified atom stereocenters. The summed E-state index contributed by atoms with van der Waals surface area (Å²) in [6.45, 7) is 2.18. The molecule has 0 bridgehead atoms. The largest absolute Gasteiger partial charge is 0.478 e. The van der Waals surface area contributed by atoms with E-state index in [9.17, 15) is 14.4 Å². The summed E-state index contributed by atoms with van der Waals surface area (Å²) in [6, 6.07) is 6.23. The Morgan fingerprint density at radius 1 is 1.08 bits per heavy atom. The Kier molecular flexibility index (Phi) is 5.75. The van der Waals surface area contributed by atoms with Crippen molar-refractivity contribution in [2.24, 2.45) is 11.8 Å². The number of urea groups is 1. The highest BCUT2D eigenvalue weighted by Crippen LogP contribution is 2.28. The van der Waals surface area contributed by atoms with Gasteiger partial charge in [-0.3, -0.25) is 4.79 Å². The summed E-state index contributed by atoms with van der Waals surface area (Å²) in [6.07, 6.45) is 4.04. The van der Waals surface area contributed by atoms with E-state index in [2.05, 4.69) is 10.6 Å². The van der Waals surface area contributed by atoms with Crippen LogP contribution in [0.5, 0.6) is 0 Å². The molecule has 7 nitrogen and oxygen atoms in total. The molecule has 1 aromatic carbocycles. The van der Waals surface area contributed by atoms with Crippen molar-refractivity contribution >= 4 is 17.9 Å². The molecule has 2 fully saturated rings. The number of aromatic carboxylic acids is 1. The topological polar surface area (TPSA) is 98.7 Å². The minimum Gasteiger partial charge on any atom is -0.478 e. The molecule has 1 aromatic rings. The van der Waals surface area contributed by atoms with Gasteiger partial charge in [0.05, 0.1) is 11.5 Å². The SMILES string of the molecule is O=C(O)c1ccc(CNC(=O)N2CCCC(C(=O)NCC3CC3)C2)cc1. The summed E-state index contributed by atoms with van der Waals surface area (Å²) < 4.78 is 0. The average molecular weight is 359 g/mol. The number of carbonyl (C=O) groups excluding carboxylic acids is 2. The van der Waals surface area contributed by atoms with Gasteiger partial charge in [-0.1, -0.05) is 12.1 Å². The highest BCUT2D eigenvalue weighted by molar-refractivity contribution is 5.87. The van der Waals surface area contributed by atoms with Crippen LogP contribution < -0.4 is 10.6 Å². The van der Waals surface area contributed by atoms with Gasteiger partial charge in [-0.05, 0) is 49.3 Å². The number of benzene rings is 1. The average Bonchev–Trinajstić information content (AvgIpc) is 3.49. The molecule has 0 radical (unpaired) electrons. The zero-order chi connectivity index (χ0) is 18.5. The molecule has 26 heavy (non-hydrogen) atoms. The highest BCUT2D eigenvalue weighted by atomic mass is 16.4. The second-order valence-electron chi connectivity index (χ2n) is 7.13. The van der Waals surface area contributed by atoms with Crippen LogP contribution in [-0.4, -0.2) is 47.5 Å². The maximum Gasteiger partial charge on any atom is 0.335 e. The van der Waals surface area contributed by atoms with Gasteiger partial charge in [-0.2, -0.15) is 0 Å². The van der Waals surface area contributed by atoms with Crippen LogP contribution >= 0.6 is 0 Å². The highest BCUT2D eigenvalue weighted by Gasteiger charge is 2.29. The first-order chi connectivity index (χ1) is 12.5. The minimum absolute atomic E-state index is 0.0543. The fraction of sp³-hybridized carbons (Fsp3) is 0.526. The van der Waals surface area contributed by atoms with Crippen LogP contribution in [0, 0.1) is 11.8 Å². The maximum atomic E-state index is 12.4. The van der Waals surface area contributed by atoms with Gasteiger partial charge in [0.1, 0.15) is 0 Å². The first-order valence-electron chi connectivity index (χ1n) is 9.15. The Balaban J connectivity index is 1.45. The van der Waals surface area contributed by atoms with Crippen LogP contribution in [0.3, 0.4) is 0 Å². The van der Waals surface area contributed by atoms with Crippen molar-refractivity contribution in [2.45, 2.75) is 32.2 Å². The third-order valence-electron chi connectivity index (χ3n) is 4.99. The van der Waals surface area contributed by atoms with E-state index < -0.39 is 5.97 Å². The molecule has 0 spiro atoms. The predicted octanol–water partition coefficient (Wildman–Crippen LogP) is 1.83. The van der Waals surface area contributed by atoms with Gasteiger partial charge in [-0.25, -0.2) is 9.59 Å². The Morgan fingerprint density at radius 3 is 2.46 bits per heavy atom. The normalized spacial score (nSPS) is 19.7. The van der Waals surface area contributed by atoms with E-state index >= 15 is 0 Å². The summed E-state index contributed by atoms with van der Waals surface area (Å²) in [4.78, 5) is 37.2. The van der Waals surface area contributed by atoms with Crippen LogP contribution in [0.4, 0.5) is 4.79 Å². The molecule has 140 valence electrons. The van der Waals surface area contributed by atoms with Crippen LogP contribution in [0.1, 0.15) is 41.6 Å². The van der Waals surface area contributed by atoms with Gasteiger partial charge >= 0.3 is 12.0 Å². The van der Waals surface area contributed by atoms with Gasteiger partial charge in [0.15, 0.2) is 0 Å². The Bertz CT molecular complexity index is 670. The quantitative estimate of drug-likeness (QED) is 0.722. The molecule has 1 aliphatic heterocycles. The molecule has 3 rings (SSSR count). The van der Waals surface area contributed by atoms with Crippen LogP contribution in [0.25, 0.3) is 0 Å². The van der Waals surface area contributed by atoms with Crippen molar-refractivity contribution in [1.29, 1.82) is 0 Å². The Hall–Kier alpha value is -2.57. The minimum atomic E-state index is -0.972. The lowest BCUT2D eigenvalue weighted by molar-refractivity contribution is -0.126. The number of nitrogens with zero attached hydrogens (tertiary/aromatic N) is 1. The third kappa shape index (κ3) is 4.97. The molecule has 1 aliphatic carbocycles. The molecule has 2 aliphatic rings. The molecule has 3 N–H and O–H groups in total. The Labute approximate surface area is 152 Å². The van der Waals surface area contributed by atoms with E-state index in [1.165, 1.54) is 25.0 Å². The number of carbonyl (C=O) groups is 3. The van der Waals surface area contributed by atoms with Crippen LogP contribution in [0.15, 0.2) is 24.3 Å². The molecule has 1 saturated heterocycles. The summed E-state index contributed by atoms with van der Waals surface area (Å²) >= 11 is 0. The summed E-state index contributed by atoms with van der Waals surface area (Å²) in [5.74, 6) is -0.406. The molecule has 1 heterocycles. The van der Waals surface area contributed by atoms with Gasteiger partial charge in [0, 0.05) is 26.2 Å². The molecular formula is C19H25N3O4. The lowest BCUT2D eigenvalue weighted by Gasteiger charge is -2.32. The van der Waals surface area contributed by atoms with Gasteiger partial charge in [0.2, 0.25) is 5.91 Å². The zero-order valence-electron chi connectivity index (χ0n) is 14.7. The van der Waals surface area contributed by atoms with E-state index in [0.717, 1.165) is 24.9 Å². The van der Waals surface area contributed by atoms with Gasteiger partial charge in [-0.15, -0.1) is 0 Å². The number of amides is 3. The van der Waals surface area contributed by atoms with E-state index in [1.807, 2.05) is 0 Å². The number of hydrogen-bond acceptors (Lipinski definition) is 3. The number of carboxylic acid groups (broad SMARTS) is 1.